The number of anilines is 1. The number of hydrogen-bond acceptors (Lipinski definition) is 5. The largest absolute Gasteiger partial charge is 0.481 e. The molecule has 92 valence electrons. The molecule has 0 aromatic carbocycles. The standard InChI is InChI=1S/C11H15N3O3/c1-7-8(11(15)16)3-4-14(7)9-5-12-6-10(13-9)17-2/h5-8H,3-4H2,1-2H3,(H,15,16). The van der Waals surface area contributed by atoms with Crippen molar-refractivity contribution in [3.05, 3.63) is 12.4 Å². The van der Waals surface area contributed by atoms with Crippen molar-refractivity contribution < 1.29 is 14.6 Å². The fraction of sp³-hybridized carbons (Fsp3) is 0.545. The maximum absolute atomic E-state index is 11.0. The van der Waals surface area contributed by atoms with Gasteiger partial charge in [0.05, 0.1) is 25.4 Å². The highest BCUT2D eigenvalue weighted by Gasteiger charge is 2.36. The highest BCUT2D eigenvalue weighted by atomic mass is 16.5. The number of ether oxygens (including phenoxy) is 1. The van der Waals surface area contributed by atoms with Crippen LogP contribution in [0.3, 0.4) is 0 Å². The highest BCUT2D eigenvalue weighted by molar-refractivity contribution is 5.72. The lowest BCUT2D eigenvalue weighted by Gasteiger charge is -2.23. The van der Waals surface area contributed by atoms with E-state index in [2.05, 4.69) is 9.97 Å². The number of methoxy groups -OCH3 is 1. The van der Waals surface area contributed by atoms with Crippen molar-refractivity contribution in [1.29, 1.82) is 0 Å². The van der Waals surface area contributed by atoms with E-state index in [4.69, 9.17) is 9.84 Å². The Kier molecular flexibility index (Phi) is 3.12. The Bertz CT molecular complexity index is 424. The van der Waals surface area contributed by atoms with Crippen LogP contribution in [0.2, 0.25) is 0 Å². The topological polar surface area (TPSA) is 75.5 Å². The number of rotatable bonds is 3. The minimum absolute atomic E-state index is 0.0751. The van der Waals surface area contributed by atoms with Gasteiger partial charge in [0.1, 0.15) is 0 Å². The van der Waals surface area contributed by atoms with Crippen LogP contribution in [0.4, 0.5) is 5.82 Å². The molecule has 1 aromatic rings. The predicted octanol–water partition coefficient (Wildman–Crippen LogP) is 0.785. The Morgan fingerprint density at radius 1 is 1.59 bits per heavy atom. The van der Waals surface area contributed by atoms with Crippen molar-refractivity contribution >= 4 is 11.8 Å². The summed E-state index contributed by atoms with van der Waals surface area (Å²) in [6.45, 7) is 2.58. The predicted molar refractivity (Wildman–Crippen MR) is 61.1 cm³/mol. The zero-order valence-electron chi connectivity index (χ0n) is 9.83. The molecule has 0 amide bonds. The number of aliphatic carboxylic acids is 1. The maximum atomic E-state index is 11.0. The van der Waals surface area contributed by atoms with Gasteiger partial charge in [-0.2, -0.15) is 4.98 Å². The molecular weight excluding hydrogens is 222 g/mol. The molecule has 2 atom stereocenters. The van der Waals surface area contributed by atoms with Crippen molar-refractivity contribution in [2.45, 2.75) is 19.4 Å². The molecule has 1 aliphatic heterocycles. The molecule has 2 heterocycles. The third kappa shape index (κ3) is 2.15. The molecule has 17 heavy (non-hydrogen) atoms. The van der Waals surface area contributed by atoms with Gasteiger partial charge >= 0.3 is 5.97 Å². The van der Waals surface area contributed by atoms with Gasteiger partial charge in [-0.15, -0.1) is 0 Å². The summed E-state index contributed by atoms with van der Waals surface area (Å²) in [5.74, 6) is 0.00734. The fourth-order valence-electron chi connectivity index (χ4n) is 2.17. The molecular formula is C11H15N3O3. The Labute approximate surface area is 99.2 Å². The first-order valence-corrected chi connectivity index (χ1v) is 5.49. The third-order valence-electron chi connectivity index (χ3n) is 3.18. The van der Waals surface area contributed by atoms with Crippen LogP contribution in [-0.4, -0.2) is 40.7 Å². The summed E-state index contributed by atoms with van der Waals surface area (Å²) in [5, 5.41) is 9.06. The summed E-state index contributed by atoms with van der Waals surface area (Å²) in [5.41, 5.74) is 0. The number of nitrogens with zero attached hydrogens (tertiary/aromatic N) is 3. The van der Waals surface area contributed by atoms with Gasteiger partial charge in [0, 0.05) is 12.6 Å². The zero-order valence-corrected chi connectivity index (χ0v) is 9.83. The van der Waals surface area contributed by atoms with Crippen LogP contribution in [0.25, 0.3) is 0 Å². The summed E-state index contributed by atoms with van der Waals surface area (Å²) in [6, 6.07) is -0.0751. The van der Waals surface area contributed by atoms with Gasteiger partial charge in [-0.1, -0.05) is 0 Å². The molecule has 0 spiro atoms. The second-order valence-electron chi connectivity index (χ2n) is 4.09. The third-order valence-corrected chi connectivity index (χ3v) is 3.18. The lowest BCUT2D eigenvalue weighted by Crippen LogP contribution is -2.33. The first-order valence-electron chi connectivity index (χ1n) is 5.49. The van der Waals surface area contributed by atoms with E-state index in [1.165, 1.54) is 13.3 Å². The summed E-state index contributed by atoms with van der Waals surface area (Å²) in [4.78, 5) is 21.3. The number of hydrogen-bond donors (Lipinski definition) is 1. The molecule has 2 unspecified atom stereocenters. The van der Waals surface area contributed by atoms with Gasteiger partial charge in [0.15, 0.2) is 5.82 Å². The lowest BCUT2D eigenvalue weighted by molar-refractivity contribution is -0.141. The summed E-state index contributed by atoms with van der Waals surface area (Å²) < 4.78 is 5.01. The molecule has 0 aliphatic carbocycles. The fourth-order valence-corrected chi connectivity index (χ4v) is 2.17. The molecule has 1 saturated heterocycles. The minimum Gasteiger partial charge on any atom is -0.481 e. The Morgan fingerprint density at radius 3 is 2.94 bits per heavy atom. The second kappa shape index (κ2) is 4.57. The molecule has 2 rings (SSSR count). The average Bonchev–Trinajstić information content (AvgIpc) is 2.71. The number of carboxylic acid groups (broad SMARTS) is 1. The smallest absolute Gasteiger partial charge is 0.308 e. The molecule has 6 nitrogen and oxygen atoms in total. The van der Waals surface area contributed by atoms with Crippen LogP contribution in [-0.2, 0) is 4.79 Å². The summed E-state index contributed by atoms with van der Waals surface area (Å²) in [6.07, 6.45) is 3.79. The molecule has 1 aliphatic rings. The number of aromatic nitrogens is 2. The van der Waals surface area contributed by atoms with E-state index in [1.807, 2.05) is 11.8 Å². The zero-order chi connectivity index (χ0) is 12.4. The average molecular weight is 237 g/mol. The molecule has 1 fully saturated rings. The highest BCUT2D eigenvalue weighted by Crippen LogP contribution is 2.28. The first-order chi connectivity index (χ1) is 8.13. The maximum Gasteiger partial charge on any atom is 0.308 e. The molecule has 0 saturated carbocycles. The van der Waals surface area contributed by atoms with Gasteiger partial charge in [-0.3, -0.25) is 9.78 Å². The van der Waals surface area contributed by atoms with Crippen LogP contribution in [0, 0.1) is 5.92 Å². The van der Waals surface area contributed by atoms with Crippen LogP contribution in [0.5, 0.6) is 5.88 Å². The van der Waals surface area contributed by atoms with Crippen LogP contribution in [0.15, 0.2) is 12.4 Å². The van der Waals surface area contributed by atoms with Crippen molar-refractivity contribution in [3.63, 3.8) is 0 Å². The van der Waals surface area contributed by atoms with Gasteiger partial charge in [-0.05, 0) is 13.3 Å². The van der Waals surface area contributed by atoms with E-state index in [0.29, 0.717) is 24.7 Å². The van der Waals surface area contributed by atoms with E-state index in [-0.39, 0.29) is 12.0 Å². The van der Waals surface area contributed by atoms with E-state index >= 15 is 0 Å². The molecule has 0 bridgehead atoms. The molecule has 0 radical (unpaired) electrons. The summed E-state index contributed by atoms with van der Waals surface area (Å²) in [7, 11) is 1.53. The molecule has 6 heteroatoms. The van der Waals surface area contributed by atoms with Crippen molar-refractivity contribution in [2.24, 2.45) is 5.92 Å². The molecule has 1 aromatic heterocycles. The van der Waals surface area contributed by atoms with Crippen molar-refractivity contribution in [2.75, 3.05) is 18.6 Å². The van der Waals surface area contributed by atoms with Crippen molar-refractivity contribution in [1.82, 2.24) is 9.97 Å². The monoisotopic (exact) mass is 237 g/mol. The van der Waals surface area contributed by atoms with Crippen molar-refractivity contribution in [3.8, 4) is 5.88 Å². The number of carbonyl (C=O) groups is 1. The second-order valence-corrected chi connectivity index (χ2v) is 4.09. The Hall–Kier alpha value is -1.85. The first kappa shape index (κ1) is 11.6. The SMILES string of the molecule is COc1cncc(N2CCC(C(=O)O)C2C)n1. The lowest BCUT2D eigenvalue weighted by atomic mass is 10.0. The van der Waals surface area contributed by atoms with E-state index in [0.717, 1.165) is 0 Å². The van der Waals surface area contributed by atoms with Gasteiger partial charge in [0.2, 0.25) is 5.88 Å². The number of carboxylic acids is 1. The van der Waals surface area contributed by atoms with E-state index in [1.54, 1.807) is 6.20 Å². The van der Waals surface area contributed by atoms with E-state index < -0.39 is 5.97 Å². The summed E-state index contributed by atoms with van der Waals surface area (Å²) >= 11 is 0. The van der Waals surface area contributed by atoms with Crippen LogP contribution < -0.4 is 9.64 Å². The van der Waals surface area contributed by atoms with Gasteiger partial charge < -0.3 is 14.7 Å². The van der Waals surface area contributed by atoms with Gasteiger partial charge in [-0.25, -0.2) is 0 Å². The van der Waals surface area contributed by atoms with Crippen LogP contribution >= 0.6 is 0 Å². The Morgan fingerprint density at radius 2 is 2.35 bits per heavy atom. The molecule has 1 N–H and O–H groups in total. The van der Waals surface area contributed by atoms with E-state index in [9.17, 15) is 4.79 Å². The normalized spacial score (nSPS) is 23.8. The quantitative estimate of drug-likeness (QED) is 0.837. The van der Waals surface area contributed by atoms with Crippen LogP contribution in [0.1, 0.15) is 13.3 Å². The Balaban J connectivity index is 2.20. The minimum atomic E-state index is -0.754. The van der Waals surface area contributed by atoms with Gasteiger partial charge in [0.25, 0.3) is 0 Å².